The number of hydrogen-bond acceptors (Lipinski definition) is 3. The topological polar surface area (TPSA) is 67.0 Å². The molecule has 1 atom stereocenters. The molecule has 2 aromatic carbocycles. The number of nitrogens with zero attached hydrogens (tertiary/aromatic N) is 1. The van der Waals surface area contributed by atoms with Gasteiger partial charge in [-0.1, -0.05) is 34.5 Å². The molecule has 0 spiro atoms. The summed E-state index contributed by atoms with van der Waals surface area (Å²) in [6.45, 7) is 0.793. The Morgan fingerprint density at radius 3 is 2.68 bits per heavy atom. The maximum Gasteiger partial charge on any atom is 0.235 e. The van der Waals surface area contributed by atoms with E-state index in [9.17, 15) is 4.79 Å². The summed E-state index contributed by atoms with van der Waals surface area (Å²) in [5, 5.41) is 3.14. The summed E-state index contributed by atoms with van der Waals surface area (Å²) in [4.78, 5) is 21.2. The van der Waals surface area contributed by atoms with E-state index in [0.29, 0.717) is 0 Å². The van der Waals surface area contributed by atoms with E-state index in [2.05, 4.69) is 43.3 Å². The number of nitrogens with one attached hydrogen (secondary N) is 2. The highest BCUT2D eigenvalue weighted by Gasteiger charge is 2.45. The zero-order chi connectivity index (χ0) is 19.1. The summed E-state index contributed by atoms with van der Waals surface area (Å²) in [6, 6.07) is 14.0. The van der Waals surface area contributed by atoms with Crippen molar-refractivity contribution in [2.24, 2.45) is 0 Å². The number of ether oxygens (including phenoxy) is 1. The van der Waals surface area contributed by atoms with Crippen LogP contribution in [0.2, 0.25) is 0 Å². The van der Waals surface area contributed by atoms with Crippen molar-refractivity contribution < 1.29 is 9.53 Å². The van der Waals surface area contributed by atoms with E-state index >= 15 is 0 Å². The van der Waals surface area contributed by atoms with Gasteiger partial charge in [-0.3, -0.25) is 4.79 Å². The van der Waals surface area contributed by atoms with Crippen LogP contribution in [0.4, 0.5) is 5.69 Å². The SMILES string of the molecule is O=C(Nc1ccc2nc(C3CCCO3)[nH]c2c1)C1(c2ccc(Br)cc2)CCC1. The molecular formula is C22H22BrN3O2. The van der Waals surface area contributed by atoms with Gasteiger partial charge in [0, 0.05) is 16.8 Å². The van der Waals surface area contributed by atoms with Gasteiger partial charge in [0.05, 0.1) is 16.4 Å². The van der Waals surface area contributed by atoms with Gasteiger partial charge in [-0.05, 0) is 61.6 Å². The Kier molecular flexibility index (Phi) is 4.48. The van der Waals surface area contributed by atoms with Crippen molar-refractivity contribution >= 4 is 38.6 Å². The molecular weight excluding hydrogens is 418 g/mol. The molecule has 1 amide bonds. The van der Waals surface area contributed by atoms with Gasteiger partial charge in [0.1, 0.15) is 11.9 Å². The Balaban J connectivity index is 1.39. The Labute approximate surface area is 172 Å². The van der Waals surface area contributed by atoms with Crippen LogP contribution in [-0.4, -0.2) is 22.5 Å². The van der Waals surface area contributed by atoms with E-state index in [1.807, 2.05) is 30.3 Å². The first-order valence-corrected chi connectivity index (χ1v) is 10.6. The van der Waals surface area contributed by atoms with E-state index in [1.165, 1.54) is 0 Å². The molecule has 144 valence electrons. The second kappa shape index (κ2) is 7.01. The molecule has 2 fully saturated rings. The van der Waals surface area contributed by atoms with Gasteiger partial charge in [0.25, 0.3) is 0 Å². The Morgan fingerprint density at radius 2 is 2.00 bits per heavy atom. The predicted octanol–water partition coefficient (Wildman–Crippen LogP) is 5.24. The molecule has 1 aromatic heterocycles. The van der Waals surface area contributed by atoms with Crippen molar-refractivity contribution in [3.63, 3.8) is 0 Å². The number of amides is 1. The summed E-state index contributed by atoms with van der Waals surface area (Å²) < 4.78 is 6.75. The summed E-state index contributed by atoms with van der Waals surface area (Å²) in [6.07, 6.45) is 4.97. The molecule has 5 nitrogen and oxygen atoms in total. The third kappa shape index (κ3) is 3.05. The summed E-state index contributed by atoms with van der Waals surface area (Å²) in [5.41, 5.74) is 3.28. The highest BCUT2D eigenvalue weighted by Crippen LogP contribution is 2.45. The highest BCUT2D eigenvalue weighted by atomic mass is 79.9. The van der Waals surface area contributed by atoms with E-state index < -0.39 is 5.41 Å². The molecule has 2 heterocycles. The van der Waals surface area contributed by atoms with Crippen LogP contribution in [-0.2, 0) is 14.9 Å². The Morgan fingerprint density at radius 1 is 1.18 bits per heavy atom. The maximum absolute atomic E-state index is 13.2. The number of benzene rings is 2. The quantitative estimate of drug-likeness (QED) is 0.583. The number of rotatable bonds is 4. The van der Waals surface area contributed by atoms with Crippen LogP contribution in [0.5, 0.6) is 0 Å². The fraction of sp³-hybridized carbons (Fsp3) is 0.364. The van der Waals surface area contributed by atoms with Crippen molar-refractivity contribution in [1.82, 2.24) is 9.97 Å². The van der Waals surface area contributed by atoms with E-state index in [-0.39, 0.29) is 12.0 Å². The molecule has 1 saturated heterocycles. The van der Waals surface area contributed by atoms with Gasteiger partial charge in [0.2, 0.25) is 5.91 Å². The van der Waals surface area contributed by atoms with Crippen molar-refractivity contribution in [2.45, 2.75) is 43.6 Å². The predicted molar refractivity (Wildman–Crippen MR) is 112 cm³/mol. The lowest BCUT2D eigenvalue weighted by Crippen LogP contribution is -2.45. The van der Waals surface area contributed by atoms with Crippen molar-refractivity contribution in [2.75, 3.05) is 11.9 Å². The summed E-state index contributed by atoms with van der Waals surface area (Å²) in [7, 11) is 0. The van der Waals surface area contributed by atoms with Crippen LogP contribution in [0.3, 0.4) is 0 Å². The maximum atomic E-state index is 13.2. The first-order chi connectivity index (χ1) is 13.6. The fourth-order valence-electron chi connectivity index (χ4n) is 4.25. The van der Waals surface area contributed by atoms with Crippen LogP contribution in [0.25, 0.3) is 11.0 Å². The lowest BCUT2D eigenvalue weighted by atomic mass is 9.64. The van der Waals surface area contributed by atoms with Gasteiger partial charge in [-0.15, -0.1) is 0 Å². The minimum Gasteiger partial charge on any atom is -0.370 e. The monoisotopic (exact) mass is 439 g/mol. The Hall–Kier alpha value is -2.18. The number of halogens is 1. The zero-order valence-electron chi connectivity index (χ0n) is 15.5. The number of anilines is 1. The zero-order valence-corrected chi connectivity index (χ0v) is 17.1. The van der Waals surface area contributed by atoms with Crippen LogP contribution < -0.4 is 5.32 Å². The molecule has 0 bridgehead atoms. The standard InChI is InChI=1S/C22H22BrN3O2/c23-15-6-4-14(5-7-15)22(10-2-11-22)21(27)24-16-8-9-17-18(13-16)26-20(25-17)19-3-1-12-28-19/h4-9,13,19H,1-3,10-12H2,(H,24,27)(H,25,26). The number of fused-ring (bicyclic) bond motifs is 1. The number of carbonyl (C=O) groups is 1. The minimum absolute atomic E-state index is 0.0566. The largest absolute Gasteiger partial charge is 0.370 e. The summed E-state index contributed by atoms with van der Waals surface area (Å²) >= 11 is 3.47. The average Bonchev–Trinajstić information content (AvgIpc) is 3.31. The van der Waals surface area contributed by atoms with Crippen LogP contribution >= 0.6 is 15.9 Å². The van der Waals surface area contributed by atoms with Crippen LogP contribution in [0, 0.1) is 0 Å². The smallest absolute Gasteiger partial charge is 0.235 e. The number of carbonyl (C=O) groups excluding carboxylic acids is 1. The van der Waals surface area contributed by atoms with E-state index in [4.69, 9.17) is 4.74 Å². The first-order valence-electron chi connectivity index (χ1n) is 9.83. The second-order valence-electron chi connectivity index (χ2n) is 7.75. The second-order valence-corrected chi connectivity index (χ2v) is 8.67. The van der Waals surface area contributed by atoms with Gasteiger partial charge in [-0.25, -0.2) is 4.98 Å². The average molecular weight is 440 g/mol. The molecule has 28 heavy (non-hydrogen) atoms. The third-order valence-corrected chi connectivity index (χ3v) is 6.56. The molecule has 3 aromatic rings. The summed E-state index contributed by atoms with van der Waals surface area (Å²) in [5.74, 6) is 0.945. The normalized spacial score (nSPS) is 20.8. The van der Waals surface area contributed by atoms with Gasteiger partial charge in [0.15, 0.2) is 0 Å². The lowest BCUT2D eigenvalue weighted by molar-refractivity contribution is -0.124. The molecule has 0 radical (unpaired) electrons. The number of imidazole rings is 1. The van der Waals surface area contributed by atoms with Crippen LogP contribution in [0.1, 0.15) is 49.6 Å². The molecule has 1 saturated carbocycles. The van der Waals surface area contributed by atoms with Crippen LogP contribution in [0.15, 0.2) is 46.9 Å². The number of aromatic amines is 1. The molecule has 2 aliphatic rings. The van der Waals surface area contributed by atoms with E-state index in [0.717, 1.165) is 71.3 Å². The van der Waals surface area contributed by atoms with Gasteiger partial charge >= 0.3 is 0 Å². The molecule has 2 N–H and O–H groups in total. The molecule has 1 aliphatic carbocycles. The molecule has 1 aliphatic heterocycles. The highest BCUT2D eigenvalue weighted by molar-refractivity contribution is 9.10. The van der Waals surface area contributed by atoms with Gasteiger partial charge in [-0.2, -0.15) is 0 Å². The van der Waals surface area contributed by atoms with Crippen molar-refractivity contribution in [3.8, 4) is 0 Å². The number of hydrogen-bond donors (Lipinski definition) is 2. The fourth-order valence-corrected chi connectivity index (χ4v) is 4.51. The van der Waals surface area contributed by atoms with E-state index in [1.54, 1.807) is 0 Å². The minimum atomic E-state index is -0.424. The van der Waals surface area contributed by atoms with Gasteiger partial charge < -0.3 is 15.0 Å². The lowest BCUT2D eigenvalue weighted by Gasteiger charge is -2.40. The Bertz CT molecular complexity index is 1020. The third-order valence-electron chi connectivity index (χ3n) is 6.03. The van der Waals surface area contributed by atoms with Crippen molar-refractivity contribution in [3.05, 3.63) is 58.3 Å². The van der Waals surface area contributed by atoms with Crippen molar-refractivity contribution in [1.29, 1.82) is 0 Å². The number of H-pyrrole nitrogens is 1. The number of aromatic nitrogens is 2. The molecule has 1 unspecified atom stereocenters. The molecule has 6 heteroatoms. The first kappa shape index (κ1) is 17.9. The molecule has 5 rings (SSSR count).